The van der Waals surface area contributed by atoms with Crippen molar-refractivity contribution in [3.8, 4) is 24.7 Å². The molecule has 136 valence electrons. The van der Waals surface area contributed by atoms with Gasteiger partial charge in [-0.05, 0) is 39.0 Å². The molecule has 0 saturated carbocycles. The van der Waals surface area contributed by atoms with Gasteiger partial charge < -0.3 is 15.4 Å². The Kier molecular flexibility index (Phi) is 7.24. The first-order chi connectivity index (χ1) is 12.2. The molecule has 1 aromatic rings. The van der Waals surface area contributed by atoms with E-state index in [-0.39, 0.29) is 29.9 Å². The van der Waals surface area contributed by atoms with E-state index in [1.807, 2.05) is 0 Å². The predicted octanol–water partition coefficient (Wildman–Crippen LogP) is 1.76. The molecule has 7 nitrogen and oxygen atoms in total. The van der Waals surface area contributed by atoms with E-state index >= 15 is 0 Å². The van der Waals surface area contributed by atoms with E-state index in [4.69, 9.17) is 17.6 Å². The maximum absolute atomic E-state index is 12.1. The third kappa shape index (κ3) is 6.98. The second-order valence-corrected chi connectivity index (χ2v) is 6.20. The van der Waals surface area contributed by atoms with Crippen molar-refractivity contribution in [3.05, 3.63) is 29.3 Å². The molecule has 0 aromatic heterocycles. The van der Waals surface area contributed by atoms with Gasteiger partial charge >= 0.3 is 6.09 Å². The molecule has 0 fully saturated rings. The molecule has 7 heteroatoms. The summed E-state index contributed by atoms with van der Waals surface area (Å²) in [7, 11) is 0. The summed E-state index contributed by atoms with van der Waals surface area (Å²) in [5.41, 5.74) is -0.170. The van der Waals surface area contributed by atoms with Gasteiger partial charge in [-0.3, -0.25) is 14.9 Å². The second kappa shape index (κ2) is 9.14. The van der Waals surface area contributed by atoms with E-state index in [1.165, 1.54) is 18.2 Å². The minimum absolute atomic E-state index is 0.0289. The molecule has 0 bridgehead atoms. The Balaban J connectivity index is 3.13. The fourth-order valence-corrected chi connectivity index (χ4v) is 1.85. The summed E-state index contributed by atoms with van der Waals surface area (Å²) in [6.07, 6.45) is 9.53. The minimum Gasteiger partial charge on any atom is -0.444 e. The highest BCUT2D eigenvalue weighted by Crippen LogP contribution is 2.17. The van der Waals surface area contributed by atoms with Crippen LogP contribution in [-0.2, 0) is 4.74 Å². The highest BCUT2D eigenvalue weighted by molar-refractivity contribution is 6.02. The average Bonchev–Trinajstić information content (AvgIpc) is 2.55. The molecule has 0 aliphatic heterocycles. The maximum Gasteiger partial charge on any atom is 0.412 e. The molecule has 0 heterocycles. The van der Waals surface area contributed by atoms with Crippen molar-refractivity contribution in [2.75, 3.05) is 18.4 Å². The van der Waals surface area contributed by atoms with Crippen LogP contribution in [0.25, 0.3) is 0 Å². The standard InChI is InChI=1S/C19H21N3O4/c1-6-8-20-16(23)13-10-14(17(24)21-9-7-2)12-15(11-13)22-18(25)26-19(3,4)5/h1-2,10-12H,8-9H2,3-5H3,(H,20,23)(H,21,24)(H,22,25). The lowest BCUT2D eigenvalue weighted by atomic mass is 10.1. The van der Waals surface area contributed by atoms with Gasteiger partial charge in [0.2, 0.25) is 0 Å². The molecule has 1 aromatic carbocycles. The molecule has 26 heavy (non-hydrogen) atoms. The minimum atomic E-state index is -0.714. The molecular weight excluding hydrogens is 334 g/mol. The summed E-state index contributed by atoms with van der Waals surface area (Å²) in [5.74, 6) is 3.60. The third-order valence-corrected chi connectivity index (χ3v) is 2.80. The van der Waals surface area contributed by atoms with Crippen LogP contribution in [0.2, 0.25) is 0 Å². The molecule has 0 spiro atoms. The first kappa shape index (κ1) is 20.6. The smallest absolute Gasteiger partial charge is 0.412 e. The largest absolute Gasteiger partial charge is 0.444 e. The lowest BCUT2D eigenvalue weighted by Gasteiger charge is -2.20. The molecule has 0 saturated heterocycles. The number of terminal acetylenes is 2. The van der Waals surface area contributed by atoms with Gasteiger partial charge in [-0.25, -0.2) is 4.79 Å². The van der Waals surface area contributed by atoms with E-state index in [2.05, 4.69) is 27.8 Å². The first-order valence-electron chi connectivity index (χ1n) is 7.74. The number of carbonyl (C=O) groups excluding carboxylic acids is 3. The van der Waals surface area contributed by atoms with Crippen LogP contribution in [0.3, 0.4) is 0 Å². The number of benzene rings is 1. The second-order valence-electron chi connectivity index (χ2n) is 6.20. The molecule has 0 aliphatic carbocycles. The van der Waals surface area contributed by atoms with E-state index in [0.717, 1.165) is 0 Å². The molecule has 1 rings (SSSR count). The number of anilines is 1. The lowest BCUT2D eigenvalue weighted by molar-refractivity contribution is 0.0635. The van der Waals surface area contributed by atoms with Gasteiger partial charge in [0.1, 0.15) is 5.60 Å². The lowest BCUT2D eigenvalue weighted by Crippen LogP contribution is -2.28. The van der Waals surface area contributed by atoms with Gasteiger partial charge in [-0.15, -0.1) is 12.8 Å². The summed E-state index contributed by atoms with van der Waals surface area (Å²) in [5, 5.41) is 7.49. The maximum atomic E-state index is 12.1. The van der Waals surface area contributed by atoms with Gasteiger partial charge in [0.05, 0.1) is 13.1 Å². The summed E-state index contributed by atoms with van der Waals surface area (Å²) >= 11 is 0. The van der Waals surface area contributed by atoms with Gasteiger partial charge in [-0.1, -0.05) is 11.8 Å². The number of hydrogen-bond acceptors (Lipinski definition) is 4. The molecular formula is C19H21N3O4. The molecule has 0 unspecified atom stereocenters. The summed E-state index contributed by atoms with van der Waals surface area (Å²) in [4.78, 5) is 36.2. The number of carbonyl (C=O) groups is 3. The zero-order valence-electron chi connectivity index (χ0n) is 14.9. The first-order valence-corrected chi connectivity index (χ1v) is 7.74. The Bertz CT molecular complexity index is 731. The van der Waals surface area contributed by atoms with Crippen LogP contribution in [0.15, 0.2) is 18.2 Å². The highest BCUT2D eigenvalue weighted by atomic mass is 16.6. The Morgan fingerprint density at radius 1 is 0.962 bits per heavy atom. The topological polar surface area (TPSA) is 96.5 Å². The SMILES string of the molecule is C#CCNC(=O)c1cc(NC(=O)OC(C)(C)C)cc(C(=O)NCC#C)c1. The van der Waals surface area contributed by atoms with E-state index in [9.17, 15) is 14.4 Å². The molecule has 3 amide bonds. The van der Waals surface area contributed by atoms with Crippen molar-refractivity contribution >= 4 is 23.6 Å². The van der Waals surface area contributed by atoms with Crippen LogP contribution in [0.5, 0.6) is 0 Å². The molecule has 0 atom stereocenters. The Morgan fingerprint density at radius 3 is 1.81 bits per heavy atom. The van der Waals surface area contributed by atoms with Gasteiger partial charge in [0, 0.05) is 16.8 Å². The normalized spacial score (nSPS) is 10.0. The Labute approximate surface area is 152 Å². The van der Waals surface area contributed by atoms with Crippen molar-refractivity contribution < 1.29 is 19.1 Å². The average molecular weight is 355 g/mol. The quantitative estimate of drug-likeness (QED) is 0.701. The van der Waals surface area contributed by atoms with Crippen molar-refractivity contribution in [1.29, 1.82) is 0 Å². The van der Waals surface area contributed by atoms with E-state index < -0.39 is 23.5 Å². The predicted molar refractivity (Wildman–Crippen MR) is 98.6 cm³/mol. The van der Waals surface area contributed by atoms with Gasteiger partial charge in [0.15, 0.2) is 0 Å². The highest BCUT2D eigenvalue weighted by Gasteiger charge is 2.18. The summed E-state index contributed by atoms with van der Waals surface area (Å²) in [6, 6.07) is 4.19. The fourth-order valence-electron chi connectivity index (χ4n) is 1.85. The summed E-state index contributed by atoms with van der Waals surface area (Å²) in [6.45, 7) is 5.21. The fraction of sp³-hybridized carbons (Fsp3) is 0.316. The van der Waals surface area contributed by atoms with E-state index in [1.54, 1.807) is 20.8 Å². The van der Waals surface area contributed by atoms with Crippen molar-refractivity contribution in [3.63, 3.8) is 0 Å². The number of hydrogen-bond donors (Lipinski definition) is 3. The van der Waals surface area contributed by atoms with E-state index in [0.29, 0.717) is 0 Å². The van der Waals surface area contributed by atoms with Crippen LogP contribution < -0.4 is 16.0 Å². The van der Waals surface area contributed by atoms with Crippen LogP contribution in [0, 0.1) is 24.7 Å². The number of amides is 3. The van der Waals surface area contributed by atoms with Crippen LogP contribution in [0.1, 0.15) is 41.5 Å². The monoisotopic (exact) mass is 355 g/mol. The molecule has 3 N–H and O–H groups in total. The Morgan fingerprint density at radius 2 is 1.42 bits per heavy atom. The number of rotatable bonds is 5. The van der Waals surface area contributed by atoms with Gasteiger partial charge in [0.25, 0.3) is 11.8 Å². The summed E-state index contributed by atoms with van der Waals surface area (Å²) < 4.78 is 5.17. The van der Waals surface area contributed by atoms with Crippen LogP contribution >= 0.6 is 0 Å². The Hall–Kier alpha value is -3.45. The third-order valence-electron chi connectivity index (χ3n) is 2.80. The van der Waals surface area contributed by atoms with Crippen molar-refractivity contribution in [1.82, 2.24) is 10.6 Å². The molecule has 0 aliphatic rings. The zero-order chi connectivity index (χ0) is 19.7. The zero-order valence-corrected chi connectivity index (χ0v) is 14.9. The van der Waals surface area contributed by atoms with Crippen LogP contribution in [-0.4, -0.2) is 36.6 Å². The van der Waals surface area contributed by atoms with Crippen molar-refractivity contribution in [2.45, 2.75) is 26.4 Å². The molecule has 0 radical (unpaired) electrons. The van der Waals surface area contributed by atoms with Gasteiger partial charge in [-0.2, -0.15) is 0 Å². The van der Waals surface area contributed by atoms with Crippen molar-refractivity contribution in [2.24, 2.45) is 0 Å². The number of nitrogens with one attached hydrogen (secondary N) is 3. The van der Waals surface area contributed by atoms with Crippen LogP contribution in [0.4, 0.5) is 10.5 Å². The number of ether oxygens (including phenoxy) is 1.